The Bertz CT molecular complexity index is 174. The van der Waals surface area contributed by atoms with E-state index in [9.17, 15) is 9.59 Å². The molecule has 0 radical (unpaired) electrons. The number of hydrogen-bond acceptors (Lipinski definition) is 5. The highest BCUT2D eigenvalue weighted by Crippen LogP contribution is 2.01. The highest BCUT2D eigenvalue weighted by atomic mass is 32.2. The normalized spacial score (nSPS) is 12.2. The van der Waals surface area contributed by atoms with Crippen molar-refractivity contribution >= 4 is 23.8 Å². The van der Waals surface area contributed by atoms with E-state index in [2.05, 4.69) is 10.5 Å². The lowest BCUT2D eigenvalue weighted by Crippen LogP contribution is -2.37. The summed E-state index contributed by atoms with van der Waals surface area (Å²) in [5, 5.41) is 0. The molecule has 0 heterocycles. The van der Waals surface area contributed by atoms with Crippen LogP contribution in [-0.2, 0) is 9.53 Å². The maximum absolute atomic E-state index is 10.8. The van der Waals surface area contributed by atoms with Crippen molar-refractivity contribution in [2.75, 3.05) is 11.5 Å². The predicted octanol–water partition coefficient (Wildman–Crippen LogP) is -0.311. The fourth-order valence-corrected chi connectivity index (χ4v) is 1.11. The van der Waals surface area contributed by atoms with Gasteiger partial charge in [-0.1, -0.05) is 6.92 Å². The van der Waals surface area contributed by atoms with Gasteiger partial charge in [0.2, 0.25) is 0 Å². The van der Waals surface area contributed by atoms with Gasteiger partial charge in [-0.3, -0.25) is 0 Å². The third-order valence-electron chi connectivity index (χ3n) is 1.01. The summed E-state index contributed by atoms with van der Waals surface area (Å²) in [6, 6.07) is -0.776. The zero-order valence-electron chi connectivity index (χ0n) is 6.78. The van der Waals surface area contributed by atoms with Crippen LogP contribution in [0.1, 0.15) is 6.92 Å². The molecule has 4 N–H and O–H groups in total. The van der Waals surface area contributed by atoms with Gasteiger partial charge in [0.25, 0.3) is 0 Å². The molecule has 70 valence electrons. The number of amides is 1. The molecule has 0 fully saturated rings. The van der Waals surface area contributed by atoms with Gasteiger partial charge < -0.3 is 16.2 Å². The molecule has 0 saturated heterocycles. The van der Waals surface area contributed by atoms with E-state index in [0.29, 0.717) is 5.75 Å². The number of esters is 1. The van der Waals surface area contributed by atoms with Gasteiger partial charge in [0.05, 0.1) is 0 Å². The molecular weight excluding hydrogens is 180 g/mol. The molecule has 1 amide bonds. The number of carbonyl (C=O) groups is 2. The van der Waals surface area contributed by atoms with Gasteiger partial charge in [-0.25, -0.2) is 9.59 Å². The SMILES string of the molecule is CCSCC(N)C(=O)OC(N)=O. The molecule has 1 atom stereocenters. The van der Waals surface area contributed by atoms with Crippen molar-refractivity contribution in [1.29, 1.82) is 0 Å². The molecule has 0 bridgehead atoms. The van der Waals surface area contributed by atoms with E-state index in [4.69, 9.17) is 5.73 Å². The van der Waals surface area contributed by atoms with Gasteiger partial charge >= 0.3 is 12.1 Å². The number of rotatable bonds is 4. The highest BCUT2D eigenvalue weighted by Gasteiger charge is 2.16. The van der Waals surface area contributed by atoms with E-state index >= 15 is 0 Å². The molecule has 12 heavy (non-hydrogen) atoms. The standard InChI is InChI=1S/C6H12N2O3S/c1-2-12-3-4(7)5(9)11-6(8)10/h4H,2-3,7H2,1H3,(H2,8,10). The van der Waals surface area contributed by atoms with Crippen LogP contribution in [0.15, 0.2) is 0 Å². The molecule has 0 aromatic heterocycles. The lowest BCUT2D eigenvalue weighted by Gasteiger charge is -2.07. The molecule has 0 rings (SSSR count). The summed E-state index contributed by atoms with van der Waals surface area (Å²) in [6.07, 6.45) is -1.11. The van der Waals surface area contributed by atoms with Gasteiger partial charge in [0.1, 0.15) is 6.04 Å². The summed E-state index contributed by atoms with van der Waals surface area (Å²) in [6.45, 7) is 1.94. The monoisotopic (exact) mass is 192 g/mol. The molecule has 0 spiro atoms. The number of carbonyl (C=O) groups excluding carboxylic acids is 2. The first kappa shape index (κ1) is 11.2. The van der Waals surface area contributed by atoms with E-state index in [0.717, 1.165) is 5.75 Å². The summed E-state index contributed by atoms with van der Waals surface area (Å²) in [7, 11) is 0. The molecule has 0 saturated carbocycles. The number of hydrogen-bond donors (Lipinski definition) is 2. The highest BCUT2D eigenvalue weighted by molar-refractivity contribution is 7.99. The third-order valence-corrected chi connectivity index (χ3v) is 2.01. The van der Waals surface area contributed by atoms with Crippen LogP contribution in [0.3, 0.4) is 0 Å². The van der Waals surface area contributed by atoms with Crippen molar-refractivity contribution in [1.82, 2.24) is 0 Å². The van der Waals surface area contributed by atoms with Crippen LogP contribution >= 0.6 is 11.8 Å². The Kier molecular flexibility index (Phi) is 5.48. The Labute approximate surface area is 74.8 Å². The average molecular weight is 192 g/mol. The van der Waals surface area contributed by atoms with Crippen LogP contribution in [-0.4, -0.2) is 29.6 Å². The summed E-state index contributed by atoms with van der Waals surface area (Å²) >= 11 is 1.49. The lowest BCUT2D eigenvalue weighted by molar-refractivity contribution is -0.137. The topological polar surface area (TPSA) is 95.4 Å². The Morgan fingerprint density at radius 1 is 1.58 bits per heavy atom. The van der Waals surface area contributed by atoms with E-state index in [1.54, 1.807) is 0 Å². The minimum Gasteiger partial charge on any atom is -0.375 e. The van der Waals surface area contributed by atoms with Gasteiger partial charge in [-0.2, -0.15) is 11.8 Å². The molecular formula is C6H12N2O3S. The second kappa shape index (κ2) is 5.84. The van der Waals surface area contributed by atoms with Crippen molar-refractivity contribution in [3.05, 3.63) is 0 Å². The second-order valence-corrected chi connectivity index (χ2v) is 3.33. The maximum atomic E-state index is 10.8. The van der Waals surface area contributed by atoms with Crippen LogP contribution in [0.4, 0.5) is 4.79 Å². The molecule has 0 aromatic rings. The lowest BCUT2D eigenvalue weighted by atomic mass is 10.4. The van der Waals surface area contributed by atoms with Crippen molar-refractivity contribution in [2.24, 2.45) is 11.5 Å². The van der Waals surface area contributed by atoms with Crippen molar-refractivity contribution in [3.63, 3.8) is 0 Å². The van der Waals surface area contributed by atoms with E-state index in [1.807, 2.05) is 6.92 Å². The second-order valence-electron chi connectivity index (χ2n) is 2.01. The number of thioether (sulfide) groups is 1. The first-order chi connectivity index (χ1) is 5.57. The minimum atomic E-state index is -1.11. The van der Waals surface area contributed by atoms with Crippen LogP contribution in [0.2, 0.25) is 0 Å². The first-order valence-electron chi connectivity index (χ1n) is 3.42. The molecule has 1 unspecified atom stereocenters. The number of primary amides is 1. The fraction of sp³-hybridized carbons (Fsp3) is 0.667. The van der Waals surface area contributed by atoms with E-state index in [1.165, 1.54) is 11.8 Å². The number of ether oxygens (including phenoxy) is 1. The summed E-state index contributed by atoms with van der Waals surface area (Å²) in [5.74, 6) is 0.517. The Morgan fingerprint density at radius 3 is 2.58 bits per heavy atom. The van der Waals surface area contributed by atoms with Crippen LogP contribution in [0, 0.1) is 0 Å². The Morgan fingerprint density at radius 2 is 2.17 bits per heavy atom. The summed E-state index contributed by atoms with van der Waals surface area (Å²) in [4.78, 5) is 20.9. The van der Waals surface area contributed by atoms with Gasteiger partial charge in [0.15, 0.2) is 0 Å². The van der Waals surface area contributed by atoms with Crippen molar-refractivity contribution in [2.45, 2.75) is 13.0 Å². The minimum absolute atomic E-state index is 0.433. The smallest absolute Gasteiger partial charge is 0.375 e. The van der Waals surface area contributed by atoms with Gasteiger partial charge in [-0.05, 0) is 5.75 Å². The summed E-state index contributed by atoms with van der Waals surface area (Å²) < 4.78 is 4.07. The Hall–Kier alpha value is -0.750. The molecule has 6 heteroatoms. The van der Waals surface area contributed by atoms with Crippen molar-refractivity contribution < 1.29 is 14.3 Å². The van der Waals surface area contributed by atoms with Crippen LogP contribution < -0.4 is 11.5 Å². The molecule has 5 nitrogen and oxygen atoms in total. The Balaban J connectivity index is 3.69. The van der Waals surface area contributed by atoms with Gasteiger partial charge in [-0.15, -0.1) is 0 Å². The zero-order valence-corrected chi connectivity index (χ0v) is 7.60. The maximum Gasteiger partial charge on any atom is 0.412 e. The van der Waals surface area contributed by atoms with E-state index in [-0.39, 0.29) is 0 Å². The summed E-state index contributed by atoms with van der Waals surface area (Å²) in [5.41, 5.74) is 9.96. The van der Waals surface area contributed by atoms with Crippen LogP contribution in [0.5, 0.6) is 0 Å². The molecule has 0 aliphatic heterocycles. The predicted molar refractivity (Wildman–Crippen MR) is 46.6 cm³/mol. The average Bonchev–Trinajstić information content (AvgIpc) is 1.98. The first-order valence-corrected chi connectivity index (χ1v) is 4.57. The molecule has 0 aliphatic carbocycles. The van der Waals surface area contributed by atoms with Crippen LogP contribution in [0.25, 0.3) is 0 Å². The molecule has 0 aliphatic rings. The van der Waals surface area contributed by atoms with E-state index < -0.39 is 18.1 Å². The van der Waals surface area contributed by atoms with Gasteiger partial charge in [0, 0.05) is 5.75 Å². The van der Waals surface area contributed by atoms with Crippen molar-refractivity contribution in [3.8, 4) is 0 Å². The largest absolute Gasteiger partial charge is 0.412 e. The zero-order chi connectivity index (χ0) is 9.56. The quantitative estimate of drug-likeness (QED) is 0.470. The number of nitrogens with two attached hydrogens (primary N) is 2. The third kappa shape index (κ3) is 4.97. The fourth-order valence-electron chi connectivity index (χ4n) is 0.488. The molecule has 0 aromatic carbocycles.